The van der Waals surface area contributed by atoms with Crippen LogP contribution in [0.4, 0.5) is 0 Å². The third-order valence-corrected chi connectivity index (χ3v) is 5.14. The van der Waals surface area contributed by atoms with Crippen LogP contribution in [0.25, 0.3) is 0 Å². The molecule has 0 saturated heterocycles. The molecule has 0 heterocycles. The summed E-state index contributed by atoms with van der Waals surface area (Å²) >= 11 is 0. The van der Waals surface area contributed by atoms with E-state index in [0.29, 0.717) is 11.4 Å². The normalized spacial score (nSPS) is 17.4. The minimum atomic E-state index is -3.35. The van der Waals surface area contributed by atoms with E-state index in [-0.39, 0.29) is 6.04 Å². The smallest absolute Gasteiger partial charge is 0.240 e. The number of sulfonamides is 1. The zero-order chi connectivity index (χ0) is 13.9. The Hall–Kier alpha value is -0.910. The van der Waals surface area contributed by atoms with Crippen LogP contribution in [0.5, 0.6) is 0 Å². The van der Waals surface area contributed by atoms with E-state index in [4.69, 9.17) is 0 Å². The van der Waals surface area contributed by atoms with Crippen LogP contribution in [-0.2, 0) is 10.0 Å². The van der Waals surface area contributed by atoms with E-state index in [0.717, 1.165) is 17.9 Å². The molecular formula is C14H22N2O2S. The van der Waals surface area contributed by atoms with Crippen LogP contribution in [0.15, 0.2) is 29.2 Å². The van der Waals surface area contributed by atoms with Crippen molar-refractivity contribution in [2.24, 2.45) is 5.92 Å². The van der Waals surface area contributed by atoms with Gasteiger partial charge >= 0.3 is 0 Å². The average Bonchev–Trinajstić information content (AvgIpc) is 3.22. The topological polar surface area (TPSA) is 58.2 Å². The zero-order valence-corrected chi connectivity index (χ0v) is 12.3. The van der Waals surface area contributed by atoms with Crippen molar-refractivity contribution in [3.63, 3.8) is 0 Å². The van der Waals surface area contributed by atoms with Gasteiger partial charge in [0, 0.05) is 12.6 Å². The molecule has 0 aliphatic heterocycles. The molecule has 0 amide bonds. The Morgan fingerprint density at radius 3 is 2.42 bits per heavy atom. The minimum Gasteiger partial charge on any atom is -0.313 e. The summed E-state index contributed by atoms with van der Waals surface area (Å²) in [6.07, 6.45) is 3.45. The molecule has 1 fully saturated rings. The number of benzene rings is 1. The minimum absolute atomic E-state index is 0.222. The molecule has 2 rings (SSSR count). The fourth-order valence-corrected chi connectivity index (χ4v) is 3.04. The van der Waals surface area contributed by atoms with Gasteiger partial charge in [0.25, 0.3) is 0 Å². The van der Waals surface area contributed by atoms with Crippen molar-refractivity contribution in [3.8, 4) is 0 Å². The summed E-state index contributed by atoms with van der Waals surface area (Å²) in [5.41, 5.74) is 1.08. The SMILES string of the molecule is CNC(C)c1ccc(S(=O)(=O)NCCC2CC2)cc1. The highest BCUT2D eigenvalue weighted by Gasteiger charge is 2.22. The molecule has 106 valence electrons. The zero-order valence-electron chi connectivity index (χ0n) is 11.5. The van der Waals surface area contributed by atoms with Crippen molar-refractivity contribution in [2.45, 2.75) is 37.1 Å². The number of hydrogen-bond acceptors (Lipinski definition) is 3. The van der Waals surface area contributed by atoms with Crippen molar-refractivity contribution < 1.29 is 8.42 Å². The summed E-state index contributed by atoms with van der Waals surface area (Å²) in [5, 5.41) is 3.13. The molecule has 1 saturated carbocycles. The Morgan fingerprint density at radius 1 is 1.26 bits per heavy atom. The Balaban J connectivity index is 1.98. The predicted molar refractivity (Wildman–Crippen MR) is 76.4 cm³/mol. The van der Waals surface area contributed by atoms with Gasteiger partial charge in [-0.05, 0) is 44.0 Å². The average molecular weight is 282 g/mol. The predicted octanol–water partition coefficient (Wildman–Crippen LogP) is 2.05. The second-order valence-electron chi connectivity index (χ2n) is 5.21. The first-order valence-corrected chi connectivity index (χ1v) is 8.28. The molecule has 1 aliphatic carbocycles. The molecule has 1 aromatic carbocycles. The third kappa shape index (κ3) is 4.03. The second kappa shape index (κ2) is 6.03. The molecule has 0 bridgehead atoms. The van der Waals surface area contributed by atoms with Gasteiger partial charge in [0.05, 0.1) is 4.90 Å². The lowest BCUT2D eigenvalue weighted by Crippen LogP contribution is -2.25. The van der Waals surface area contributed by atoms with Gasteiger partial charge in [-0.25, -0.2) is 13.1 Å². The van der Waals surface area contributed by atoms with Crippen LogP contribution in [-0.4, -0.2) is 22.0 Å². The summed E-state index contributed by atoms with van der Waals surface area (Å²) in [5.74, 6) is 0.738. The highest BCUT2D eigenvalue weighted by molar-refractivity contribution is 7.89. The Morgan fingerprint density at radius 2 is 1.89 bits per heavy atom. The summed E-state index contributed by atoms with van der Waals surface area (Å²) in [6.45, 7) is 2.58. The van der Waals surface area contributed by atoms with E-state index >= 15 is 0 Å². The second-order valence-corrected chi connectivity index (χ2v) is 6.98. The fourth-order valence-electron chi connectivity index (χ4n) is 1.99. The molecule has 2 N–H and O–H groups in total. The van der Waals surface area contributed by atoms with Crippen molar-refractivity contribution in [1.29, 1.82) is 0 Å². The lowest BCUT2D eigenvalue weighted by Gasteiger charge is -2.11. The van der Waals surface area contributed by atoms with Crippen LogP contribution in [0, 0.1) is 5.92 Å². The van der Waals surface area contributed by atoms with Crippen molar-refractivity contribution >= 4 is 10.0 Å². The maximum atomic E-state index is 12.1. The van der Waals surface area contributed by atoms with Gasteiger partial charge in [-0.2, -0.15) is 0 Å². The molecular weight excluding hydrogens is 260 g/mol. The van der Waals surface area contributed by atoms with Gasteiger partial charge in [0.15, 0.2) is 0 Å². The molecule has 1 atom stereocenters. The van der Waals surface area contributed by atoms with E-state index in [9.17, 15) is 8.42 Å². The van der Waals surface area contributed by atoms with Gasteiger partial charge in [-0.15, -0.1) is 0 Å². The van der Waals surface area contributed by atoms with Crippen molar-refractivity contribution in [3.05, 3.63) is 29.8 Å². The number of nitrogens with one attached hydrogen (secondary N) is 2. The van der Waals surface area contributed by atoms with Gasteiger partial charge in [0.2, 0.25) is 10.0 Å². The molecule has 4 nitrogen and oxygen atoms in total. The van der Waals surface area contributed by atoms with Gasteiger partial charge < -0.3 is 5.32 Å². The van der Waals surface area contributed by atoms with Crippen LogP contribution >= 0.6 is 0 Å². The first-order chi connectivity index (χ1) is 9.03. The Labute approximate surface area is 115 Å². The largest absolute Gasteiger partial charge is 0.313 e. The number of rotatable bonds is 7. The van der Waals surface area contributed by atoms with Gasteiger partial charge in [-0.1, -0.05) is 25.0 Å². The molecule has 1 aliphatic rings. The molecule has 1 unspecified atom stereocenters. The van der Waals surface area contributed by atoms with Crippen LogP contribution in [0.3, 0.4) is 0 Å². The summed E-state index contributed by atoms with van der Waals surface area (Å²) in [6, 6.07) is 7.28. The maximum Gasteiger partial charge on any atom is 0.240 e. The van der Waals surface area contributed by atoms with E-state index in [2.05, 4.69) is 10.0 Å². The van der Waals surface area contributed by atoms with E-state index in [1.807, 2.05) is 26.1 Å². The summed E-state index contributed by atoms with van der Waals surface area (Å²) in [4.78, 5) is 0.343. The summed E-state index contributed by atoms with van der Waals surface area (Å²) < 4.78 is 26.8. The number of hydrogen-bond donors (Lipinski definition) is 2. The highest BCUT2D eigenvalue weighted by Crippen LogP contribution is 2.31. The first kappa shape index (κ1) is 14.5. The standard InChI is InChI=1S/C14H22N2O2S/c1-11(15-2)13-5-7-14(8-6-13)19(17,18)16-10-9-12-3-4-12/h5-8,11-12,15-16H,3-4,9-10H2,1-2H3. The first-order valence-electron chi connectivity index (χ1n) is 6.80. The third-order valence-electron chi connectivity index (χ3n) is 3.67. The van der Waals surface area contributed by atoms with Gasteiger partial charge in [0.1, 0.15) is 0 Å². The Bertz CT molecular complexity index is 507. The molecule has 5 heteroatoms. The highest BCUT2D eigenvalue weighted by atomic mass is 32.2. The van der Waals surface area contributed by atoms with E-state index in [1.54, 1.807) is 12.1 Å². The molecule has 0 aromatic heterocycles. The maximum absolute atomic E-state index is 12.1. The lowest BCUT2D eigenvalue weighted by molar-refractivity contribution is 0.575. The molecule has 19 heavy (non-hydrogen) atoms. The van der Waals surface area contributed by atoms with Crippen LogP contribution in [0.2, 0.25) is 0 Å². The monoisotopic (exact) mass is 282 g/mol. The quantitative estimate of drug-likeness (QED) is 0.804. The van der Waals surface area contributed by atoms with Crippen LogP contribution in [0.1, 0.15) is 37.8 Å². The van der Waals surface area contributed by atoms with E-state index in [1.165, 1.54) is 12.8 Å². The Kier molecular flexibility index (Phi) is 4.60. The van der Waals surface area contributed by atoms with Crippen molar-refractivity contribution in [2.75, 3.05) is 13.6 Å². The van der Waals surface area contributed by atoms with Gasteiger partial charge in [-0.3, -0.25) is 0 Å². The lowest BCUT2D eigenvalue weighted by atomic mass is 10.1. The van der Waals surface area contributed by atoms with Crippen LogP contribution < -0.4 is 10.0 Å². The molecule has 0 radical (unpaired) electrons. The summed E-state index contributed by atoms with van der Waals surface area (Å²) in [7, 11) is -1.46. The fraction of sp³-hybridized carbons (Fsp3) is 0.571. The molecule has 0 spiro atoms. The van der Waals surface area contributed by atoms with E-state index < -0.39 is 10.0 Å². The molecule has 1 aromatic rings. The van der Waals surface area contributed by atoms with Crippen molar-refractivity contribution in [1.82, 2.24) is 10.0 Å².